The third kappa shape index (κ3) is 2.26. The van der Waals surface area contributed by atoms with Crippen LogP contribution in [0.2, 0.25) is 0 Å². The van der Waals surface area contributed by atoms with Crippen molar-refractivity contribution in [3.63, 3.8) is 0 Å². The molecule has 0 saturated carbocycles. The van der Waals surface area contributed by atoms with Crippen molar-refractivity contribution in [3.05, 3.63) is 22.8 Å². The molecule has 0 spiro atoms. The van der Waals surface area contributed by atoms with Crippen LogP contribution in [0.1, 0.15) is 6.92 Å². The Bertz CT molecular complexity index is 258. The van der Waals surface area contributed by atoms with Gasteiger partial charge in [-0.3, -0.25) is 0 Å². The third-order valence-corrected chi connectivity index (χ3v) is 2.59. The zero-order valence-electron chi connectivity index (χ0n) is 7.68. The predicted octanol–water partition coefficient (Wildman–Crippen LogP) is 2.02. The van der Waals surface area contributed by atoms with Gasteiger partial charge in [-0.1, -0.05) is 11.6 Å². The molecule has 4 heteroatoms. The van der Waals surface area contributed by atoms with Crippen LogP contribution in [0.5, 0.6) is 0 Å². The lowest BCUT2D eigenvalue weighted by atomic mass is 9.91. The molecule has 2 unspecified atom stereocenters. The van der Waals surface area contributed by atoms with Crippen LogP contribution in [0.15, 0.2) is 22.8 Å². The van der Waals surface area contributed by atoms with E-state index in [9.17, 15) is 0 Å². The van der Waals surface area contributed by atoms with Gasteiger partial charge in [0.2, 0.25) is 0 Å². The van der Waals surface area contributed by atoms with Crippen LogP contribution in [0.25, 0.3) is 0 Å². The number of nitrogens with two attached hydrogens (primary N) is 1. The van der Waals surface area contributed by atoms with E-state index in [-0.39, 0.29) is 6.10 Å². The fourth-order valence-electron chi connectivity index (χ4n) is 1.55. The molecule has 13 heavy (non-hydrogen) atoms. The molecule has 0 heterocycles. The van der Waals surface area contributed by atoms with Crippen LogP contribution in [-0.4, -0.2) is 24.6 Å². The maximum absolute atomic E-state index is 6.22. The summed E-state index contributed by atoms with van der Waals surface area (Å²) in [4.78, 5) is -0.602. The molecule has 0 aromatic rings. The lowest BCUT2D eigenvalue weighted by Crippen LogP contribution is -2.39. The lowest BCUT2D eigenvalue weighted by Gasteiger charge is -2.33. The fraction of sp³-hybridized carbons (Fsp3) is 0.556. The fourth-order valence-corrected chi connectivity index (χ4v) is 2.32. The van der Waals surface area contributed by atoms with E-state index in [1.54, 1.807) is 19.3 Å². The van der Waals surface area contributed by atoms with Gasteiger partial charge >= 0.3 is 0 Å². The van der Waals surface area contributed by atoms with Gasteiger partial charge in [-0.05, 0) is 24.6 Å². The number of rotatable bonds is 2. The molecule has 1 aliphatic rings. The molecule has 0 saturated heterocycles. The number of alkyl halides is 1. The van der Waals surface area contributed by atoms with Crippen LogP contribution in [0.4, 0.5) is 0 Å². The summed E-state index contributed by atoms with van der Waals surface area (Å²) in [6, 6.07) is 0. The molecule has 0 bridgehead atoms. The summed E-state index contributed by atoms with van der Waals surface area (Å²) in [5.74, 6) is 0. The quantitative estimate of drug-likeness (QED) is 0.725. The number of allylic oxidation sites excluding steroid dienone is 2. The van der Waals surface area contributed by atoms with Gasteiger partial charge in [0, 0.05) is 18.7 Å². The number of ether oxygens (including phenoxy) is 1. The Morgan fingerprint density at radius 1 is 1.69 bits per heavy atom. The zero-order chi connectivity index (χ0) is 10.1. The van der Waals surface area contributed by atoms with E-state index in [0.717, 1.165) is 5.57 Å². The average molecular weight is 222 g/mol. The first-order chi connectivity index (χ1) is 6.01. The molecule has 2 atom stereocenters. The van der Waals surface area contributed by atoms with Crippen molar-refractivity contribution in [2.75, 3.05) is 13.7 Å². The number of methoxy groups -OCH3 is 1. The molecule has 1 rings (SSSR count). The number of halogens is 2. The van der Waals surface area contributed by atoms with Gasteiger partial charge in [-0.25, -0.2) is 0 Å². The Morgan fingerprint density at radius 2 is 2.31 bits per heavy atom. The van der Waals surface area contributed by atoms with Crippen molar-refractivity contribution in [1.82, 2.24) is 0 Å². The van der Waals surface area contributed by atoms with Crippen LogP contribution in [0.3, 0.4) is 0 Å². The molecule has 74 valence electrons. The maximum Gasteiger partial charge on any atom is 0.102 e. The van der Waals surface area contributed by atoms with E-state index < -0.39 is 4.87 Å². The van der Waals surface area contributed by atoms with Crippen molar-refractivity contribution in [1.29, 1.82) is 0 Å². The largest absolute Gasteiger partial charge is 0.375 e. The first-order valence-electron chi connectivity index (χ1n) is 4.02. The molecular weight excluding hydrogens is 209 g/mol. The van der Waals surface area contributed by atoms with E-state index in [4.69, 9.17) is 33.7 Å². The summed E-state index contributed by atoms with van der Waals surface area (Å²) in [5.41, 5.74) is 6.48. The summed E-state index contributed by atoms with van der Waals surface area (Å²) < 4.78 is 5.27. The molecule has 0 amide bonds. The highest BCUT2D eigenvalue weighted by atomic mass is 35.5. The maximum atomic E-state index is 6.22. The first kappa shape index (κ1) is 11.1. The van der Waals surface area contributed by atoms with Crippen LogP contribution in [0, 0.1) is 0 Å². The zero-order valence-corrected chi connectivity index (χ0v) is 9.19. The van der Waals surface area contributed by atoms with Crippen molar-refractivity contribution < 1.29 is 4.74 Å². The highest BCUT2D eigenvalue weighted by Gasteiger charge is 2.35. The van der Waals surface area contributed by atoms with Crippen LogP contribution in [-0.2, 0) is 4.74 Å². The van der Waals surface area contributed by atoms with Gasteiger partial charge in [-0.15, -0.1) is 11.6 Å². The summed E-state index contributed by atoms with van der Waals surface area (Å²) >= 11 is 12.1. The highest BCUT2D eigenvalue weighted by molar-refractivity contribution is 6.33. The van der Waals surface area contributed by atoms with Gasteiger partial charge in [0.1, 0.15) is 6.10 Å². The van der Waals surface area contributed by atoms with E-state index in [1.807, 2.05) is 6.92 Å². The normalized spacial score (nSPS) is 34.1. The van der Waals surface area contributed by atoms with Crippen LogP contribution >= 0.6 is 23.2 Å². The summed E-state index contributed by atoms with van der Waals surface area (Å²) in [7, 11) is 1.61. The molecular formula is C9H13Cl2NO. The topological polar surface area (TPSA) is 35.2 Å². The number of hydrogen-bond donors (Lipinski definition) is 1. The highest BCUT2D eigenvalue weighted by Crippen LogP contribution is 2.34. The Morgan fingerprint density at radius 3 is 2.77 bits per heavy atom. The summed E-state index contributed by atoms with van der Waals surface area (Å²) in [6.07, 6.45) is 3.38. The Kier molecular flexibility index (Phi) is 3.41. The SMILES string of the molecule is COC1C(CN)=CC(Cl)=CC1(C)Cl. The van der Waals surface area contributed by atoms with Gasteiger partial charge in [0.05, 0.1) is 4.87 Å². The second-order valence-electron chi connectivity index (χ2n) is 3.22. The molecule has 2 N–H and O–H groups in total. The Hall–Kier alpha value is -0.0200. The standard InChI is InChI=1S/C9H13Cl2NO/c1-9(11)4-7(10)3-6(5-12)8(9)13-2/h3-4,8H,5,12H2,1-2H3. The smallest absolute Gasteiger partial charge is 0.102 e. The lowest BCUT2D eigenvalue weighted by molar-refractivity contribution is 0.110. The third-order valence-electron chi connectivity index (χ3n) is 2.06. The Labute approximate surface area is 88.3 Å². The van der Waals surface area contributed by atoms with Gasteiger partial charge in [-0.2, -0.15) is 0 Å². The molecule has 0 radical (unpaired) electrons. The summed E-state index contributed by atoms with van der Waals surface area (Å²) in [6.45, 7) is 2.26. The predicted molar refractivity (Wildman–Crippen MR) is 56.1 cm³/mol. The van der Waals surface area contributed by atoms with Crippen molar-refractivity contribution >= 4 is 23.2 Å². The van der Waals surface area contributed by atoms with Crippen LogP contribution < -0.4 is 5.73 Å². The van der Waals surface area contributed by atoms with E-state index in [1.165, 1.54) is 0 Å². The molecule has 0 aromatic carbocycles. The molecule has 1 aliphatic carbocycles. The minimum absolute atomic E-state index is 0.193. The summed E-state index contributed by atoms with van der Waals surface area (Å²) in [5, 5.41) is 0.617. The van der Waals surface area contributed by atoms with E-state index >= 15 is 0 Å². The van der Waals surface area contributed by atoms with Crippen molar-refractivity contribution in [2.24, 2.45) is 5.73 Å². The second kappa shape index (κ2) is 4.01. The van der Waals surface area contributed by atoms with Crippen molar-refractivity contribution in [2.45, 2.75) is 17.9 Å². The second-order valence-corrected chi connectivity index (χ2v) is 4.47. The monoisotopic (exact) mass is 221 g/mol. The van der Waals surface area contributed by atoms with Crippen molar-refractivity contribution in [3.8, 4) is 0 Å². The minimum atomic E-state index is -0.602. The van der Waals surface area contributed by atoms with Gasteiger partial charge < -0.3 is 10.5 Å². The number of hydrogen-bond acceptors (Lipinski definition) is 2. The van der Waals surface area contributed by atoms with E-state index in [2.05, 4.69) is 0 Å². The van der Waals surface area contributed by atoms with Gasteiger partial charge in [0.15, 0.2) is 0 Å². The van der Waals surface area contributed by atoms with Gasteiger partial charge in [0.25, 0.3) is 0 Å². The molecule has 2 nitrogen and oxygen atoms in total. The van der Waals surface area contributed by atoms with E-state index in [0.29, 0.717) is 11.6 Å². The Balaban J connectivity index is 3.01. The average Bonchev–Trinajstić information content (AvgIpc) is 2.01. The molecule has 0 aromatic heterocycles. The molecule has 0 aliphatic heterocycles. The first-order valence-corrected chi connectivity index (χ1v) is 4.77. The molecule has 0 fully saturated rings. The minimum Gasteiger partial charge on any atom is -0.375 e.